The number of hydrogen-bond acceptors (Lipinski definition) is 13. The predicted octanol–water partition coefficient (Wildman–Crippen LogP) is 15.0. The standard InChI is InChI=1S/C37H16OS12/c38-37-49-35-36(50-37)48-34(47-35)29-27(32-43-21-13-5-6-14-22(21)44-32)25(30-39-17-9-1-2-10-18(17)40-30)26(31-41-19-11-3-4-12-20(19)42-31)28(29)33-45-23-15-7-8-16-24(23)46-33/h1-16H. The van der Waals surface area contributed by atoms with Gasteiger partial charge in [0.1, 0.15) is 0 Å². The monoisotopic (exact) mass is 860 g/mol. The molecule has 5 aromatic rings. The molecule has 1 aromatic heterocycles. The summed E-state index contributed by atoms with van der Waals surface area (Å²) in [6.07, 6.45) is 0. The maximum atomic E-state index is 12.5. The van der Waals surface area contributed by atoms with Crippen molar-refractivity contribution in [2.75, 3.05) is 0 Å². The summed E-state index contributed by atoms with van der Waals surface area (Å²) in [4.78, 5) is 23.1. The molecular formula is C37H16OS12. The molecule has 0 N–H and O–H groups in total. The fourth-order valence-corrected chi connectivity index (χ4v) is 22.3. The van der Waals surface area contributed by atoms with Gasteiger partial charge in [-0.3, -0.25) is 4.79 Å². The van der Waals surface area contributed by atoms with Crippen LogP contribution in [0.4, 0.5) is 0 Å². The zero-order valence-electron chi connectivity index (χ0n) is 25.0. The summed E-state index contributed by atoms with van der Waals surface area (Å²) >= 11 is 21.8. The molecule has 1 aliphatic carbocycles. The molecule has 4 aromatic carbocycles. The first-order valence-corrected chi connectivity index (χ1v) is 25.0. The van der Waals surface area contributed by atoms with E-state index in [1.807, 2.05) is 94.1 Å². The van der Waals surface area contributed by atoms with E-state index in [2.05, 4.69) is 97.1 Å². The molecule has 0 spiro atoms. The topological polar surface area (TPSA) is 17.1 Å². The van der Waals surface area contributed by atoms with Crippen molar-refractivity contribution < 1.29 is 0 Å². The Hall–Kier alpha value is -1.07. The molecule has 11 rings (SSSR count). The van der Waals surface area contributed by atoms with Gasteiger partial charge in [0.15, 0.2) is 0 Å². The Morgan fingerprint density at radius 2 is 0.480 bits per heavy atom. The minimum atomic E-state index is 0.177. The second-order valence-corrected chi connectivity index (χ2v) is 25.6. The molecule has 242 valence electrons. The summed E-state index contributed by atoms with van der Waals surface area (Å²) in [6.45, 7) is 0. The minimum Gasteiger partial charge on any atom is -0.265 e. The van der Waals surface area contributed by atoms with Crippen molar-refractivity contribution in [2.45, 2.75) is 47.6 Å². The molecule has 0 bridgehead atoms. The van der Waals surface area contributed by atoms with Crippen LogP contribution >= 0.6 is 140 Å². The van der Waals surface area contributed by atoms with Crippen molar-refractivity contribution in [3.63, 3.8) is 0 Å². The van der Waals surface area contributed by atoms with Gasteiger partial charge in [-0.05, 0) is 48.5 Å². The van der Waals surface area contributed by atoms with E-state index in [1.165, 1.54) is 111 Å². The number of benzene rings is 4. The normalized spacial score (nSPS) is 18.9. The molecule has 6 heterocycles. The molecular weight excluding hydrogens is 845 g/mol. The highest BCUT2D eigenvalue weighted by molar-refractivity contribution is 8.27. The Balaban J connectivity index is 1.24. The quantitative estimate of drug-likeness (QED) is 0.148. The summed E-state index contributed by atoms with van der Waals surface area (Å²) in [5.41, 5.74) is 6.72. The van der Waals surface area contributed by atoms with Crippen LogP contribution in [0.3, 0.4) is 0 Å². The van der Waals surface area contributed by atoms with E-state index in [9.17, 15) is 4.79 Å². The fraction of sp³-hybridized carbons (Fsp3) is 0. The van der Waals surface area contributed by atoms with Gasteiger partial charge in [-0.2, -0.15) is 0 Å². The van der Waals surface area contributed by atoms with Crippen molar-refractivity contribution in [1.82, 2.24) is 0 Å². The largest absolute Gasteiger partial charge is 0.289 e. The van der Waals surface area contributed by atoms with E-state index in [0.29, 0.717) is 0 Å². The molecule has 5 aliphatic heterocycles. The van der Waals surface area contributed by atoms with Gasteiger partial charge in [0.2, 0.25) is 0 Å². The average molecular weight is 861 g/mol. The predicted molar refractivity (Wildman–Crippen MR) is 228 cm³/mol. The van der Waals surface area contributed by atoms with Crippen LogP contribution in [0.15, 0.2) is 198 Å². The third-order valence-electron chi connectivity index (χ3n) is 8.18. The Morgan fingerprint density at radius 1 is 0.280 bits per heavy atom. The maximum absolute atomic E-state index is 12.5. The van der Waals surface area contributed by atoms with Gasteiger partial charge in [-0.15, -0.1) is 0 Å². The van der Waals surface area contributed by atoms with Crippen LogP contribution in [-0.4, -0.2) is 0 Å². The van der Waals surface area contributed by atoms with Crippen molar-refractivity contribution in [3.05, 3.63) is 155 Å². The second-order valence-electron chi connectivity index (χ2n) is 11.1. The van der Waals surface area contributed by atoms with E-state index in [-0.39, 0.29) is 4.06 Å². The molecule has 50 heavy (non-hydrogen) atoms. The second kappa shape index (κ2) is 13.1. The Bertz CT molecular complexity index is 2300. The maximum Gasteiger partial charge on any atom is 0.289 e. The Morgan fingerprint density at radius 3 is 0.700 bits per heavy atom. The zero-order valence-corrected chi connectivity index (χ0v) is 34.8. The highest BCUT2D eigenvalue weighted by Crippen LogP contribution is 2.71. The molecule has 0 saturated heterocycles. The summed E-state index contributed by atoms with van der Waals surface area (Å²) in [5.74, 6) is 0. The van der Waals surface area contributed by atoms with Crippen LogP contribution in [0.1, 0.15) is 0 Å². The lowest BCUT2D eigenvalue weighted by atomic mass is 10.1. The lowest BCUT2D eigenvalue weighted by molar-refractivity contribution is 1.27. The van der Waals surface area contributed by atoms with Gasteiger partial charge in [-0.25, -0.2) is 0 Å². The van der Waals surface area contributed by atoms with Gasteiger partial charge in [0, 0.05) is 67.0 Å². The van der Waals surface area contributed by atoms with Crippen LogP contribution in [-0.2, 0) is 0 Å². The molecule has 6 aliphatic rings. The van der Waals surface area contributed by atoms with Crippen molar-refractivity contribution in [2.24, 2.45) is 0 Å². The summed E-state index contributed by atoms with van der Waals surface area (Å²) < 4.78 is 9.09. The summed E-state index contributed by atoms with van der Waals surface area (Å²) in [6, 6.07) is 35.3. The van der Waals surface area contributed by atoms with Gasteiger partial charge in [0.05, 0.1) is 29.6 Å². The van der Waals surface area contributed by atoms with Gasteiger partial charge < -0.3 is 0 Å². The molecule has 1 saturated carbocycles. The fourth-order valence-electron chi connectivity index (χ4n) is 6.08. The summed E-state index contributed by atoms with van der Waals surface area (Å²) in [7, 11) is 0. The number of hydrogen-bond donors (Lipinski definition) is 0. The van der Waals surface area contributed by atoms with Gasteiger partial charge >= 0.3 is 0 Å². The SMILES string of the molecule is O=c1sc2c(s1)SC(=C1C(=C3Sc4ccccc4S3)C(=C3Sc4ccccc4S3)C(=C3Sc4ccccc4S3)C1=C1Sc3ccccc3S1)S2. The van der Waals surface area contributed by atoms with E-state index in [4.69, 9.17) is 0 Å². The zero-order chi connectivity index (χ0) is 32.9. The van der Waals surface area contributed by atoms with E-state index < -0.39 is 0 Å². The molecule has 0 amide bonds. The van der Waals surface area contributed by atoms with Crippen molar-refractivity contribution in [3.8, 4) is 0 Å². The van der Waals surface area contributed by atoms with E-state index in [1.54, 1.807) is 23.5 Å². The third-order valence-corrected chi connectivity index (χ3v) is 23.6. The van der Waals surface area contributed by atoms with Crippen molar-refractivity contribution in [1.29, 1.82) is 0 Å². The van der Waals surface area contributed by atoms with Gasteiger partial charge in [0.25, 0.3) is 4.06 Å². The van der Waals surface area contributed by atoms with E-state index in [0.717, 1.165) is 8.42 Å². The molecule has 1 nitrogen and oxygen atoms in total. The first kappa shape index (κ1) is 32.4. The Labute approximate surface area is 339 Å². The molecule has 0 unspecified atom stereocenters. The average Bonchev–Trinajstić information content (AvgIpc) is 3.97. The molecule has 13 heteroatoms. The van der Waals surface area contributed by atoms with Crippen molar-refractivity contribution >= 4 is 140 Å². The number of rotatable bonds is 0. The first-order chi connectivity index (χ1) is 24.6. The minimum absolute atomic E-state index is 0.177. The van der Waals surface area contributed by atoms with E-state index >= 15 is 0 Å². The molecule has 0 atom stereocenters. The number of fused-ring (bicyclic) bond motifs is 5. The summed E-state index contributed by atoms with van der Waals surface area (Å²) in [5, 5.41) is 0. The third kappa shape index (κ3) is 5.44. The lowest BCUT2D eigenvalue weighted by Crippen LogP contribution is -1.91. The highest BCUT2D eigenvalue weighted by atomic mass is 32.2. The number of allylic oxidation sites excluding steroid dienone is 5. The first-order valence-electron chi connectivity index (χ1n) is 15.2. The van der Waals surface area contributed by atoms with Crippen LogP contribution in [0.5, 0.6) is 0 Å². The lowest BCUT2D eigenvalue weighted by Gasteiger charge is -2.12. The van der Waals surface area contributed by atoms with Crippen LogP contribution in [0, 0.1) is 0 Å². The number of thioether (sulfide) groups is 10. The van der Waals surface area contributed by atoms with Crippen LogP contribution in [0.2, 0.25) is 0 Å². The molecule has 0 radical (unpaired) electrons. The van der Waals surface area contributed by atoms with Gasteiger partial charge in [-0.1, -0.05) is 189 Å². The highest BCUT2D eigenvalue weighted by Gasteiger charge is 2.46. The smallest absolute Gasteiger partial charge is 0.265 e. The Kier molecular flexibility index (Phi) is 8.45. The van der Waals surface area contributed by atoms with Crippen LogP contribution in [0.25, 0.3) is 0 Å². The van der Waals surface area contributed by atoms with Crippen LogP contribution < -0.4 is 4.06 Å². The molecule has 1 fully saturated rings.